The first-order valence-corrected chi connectivity index (χ1v) is 7.65. The summed E-state index contributed by atoms with van der Waals surface area (Å²) in [5.74, 6) is -0.722. The molecule has 0 saturated carbocycles. The van der Waals surface area contributed by atoms with Crippen LogP contribution in [0.15, 0.2) is 54.6 Å². The zero-order valence-electron chi connectivity index (χ0n) is 13.8. The van der Waals surface area contributed by atoms with Gasteiger partial charge in [0.1, 0.15) is 5.75 Å². The molecular weight excluding hydrogens is 308 g/mol. The molecule has 0 saturated heterocycles. The molecule has 0 spiro atoms. The molecule has 0 N–H and O–H groups in total. The maximum absolute atomic E-state index is 12.0. The largest absolute Gasteiger partial charge is 0.481 e. The molecule has 1 atom stereocenters. The van der Waals surface area contributed by atoms with E-state index in [0.717, 1.165) is 10.8 Å². The summed E-state index contributed by atoms with van der Waals surface area (Å²) in [6.45, 7) is 6.82. The molecule has 0 heterocycles. The molecule has 2 aromatic carbocycles. The Morgan fingerprint density at radius 3 is 2.54 bits per heavy atom. The number of fused-ring (bicyclic) bond motifs is 1. The van der Waals surface area contributed by atoms with Crippen molar-refractivity contribution >= 4 is 22.7 Å². The lowest BCUT2D eigenvalue weighted by atomic mass is 10.1. The molecule has 5 heteroatoms. The number of benzene rings is 2. The summed E-state index contributed by atoms with van der Waals surface area (Å²) in [5, 5.41) is 1.91. The first kappa shape index (κ1) is 17.5. The minimum Gasteiger partial charge on any atom is -0.481 e. The topological polar surface area (TPSA) is 61.8 Å². The van der Waals surface area contributed by atoms with Crippen molar-refractivity contribution in [2.24, 2.45) is 0 Å². The lowest BCUT2D eigenvalue weighted by molar-refractivity contribution is -0.166. The predicted octanol–water partition coefficient (Wildman–Crippen LogP) is 3.27. The summed E-state index contributed by atoms with van der Waals surface area (Å²) >= 11 is 0. The van der Waals surface area contributed by atoms with Gasteiger partial charge in [-0.25, -0.2) is 9.59 Å². The number of hydrogen-bond acceptors (Lipinski definition) is 5. The van der Waals surface area contributed by atoms with E-state index in [-0.39, 0.29) is 13.2 Å². The third kappa shape index (κ3) is 4.35. The van der Waals surface area contributed by atoms with E-state index in [9.17, 15) is 9.59 Å². The summed E-state index contributed by atoms with van der Waals surface area (Å²) in [6.07, 6.45) is -1.12. The van der Waals surface area contributed by atoms with Crippen molar-refractivity contribution in [2.75, 3.05) is 13.2 Å². The number of carbonyl (C=O) groups is 2. The first-order chi connectivity index (χ1) is 11.5. The van der Waals surface area contributed by atoms with Crippen molar-refractivity contribution in [3.05, 3.63) is 54.6 Å². The van der Waals surface area contributed by atoms with E-state index in [1.165, 1.54) is 0 Å². The summed E-state index contributed by atoms with van der Waals surface area (Å²) < 4.78 is 15.5. The molecule has 24 heavy (non-hydrogen) atoms. The van der Waals surface area contributed by atoms with Gasteiger partial charge in [0.15, 0.2) is 6.61 Å². The Morgan fingerprint density at radius 2 is 1.83 bits per heavy atom. The molecular formula is C19H20O5. The van der Waals surface area contributed by atoms with E-state index >= 15 is 0 Å². The number of rotatable bonds is 7. The highest BCUT2D eigenvalue weighted by Gasteiger charge is 2.25. The number of hydrogen-bond donors (Lipinski definition) is 0. The van der Waals surface area contributed by atoms with Gasteiger partial charge in [-0.1, -0.05) is 43.0 Å². The molecule has 0 aliphatic carbocycles. The van der Waals surface area contributed by atoms with Crippen molar-refractivity contribution < 1.29 is 23.8 Å². The Bertz CT molecular complexity index is 745. The van der Waals surface area contributed by atoms with E-state index < -0.39 is 18.0 Å². The van der Waals surface area contributed by atoms with Crippen LogP contribution >= 0.6 is 0 Å². The Balaban J connectivity index is 2.01. The van der Waals surface area contributed by atoms with Crippen LogP contribution in [0.25, 0.3) is 10.8 Å². The first-order valence-electron chi connectivity index (χ1n) is 7.65. The molecule has 0 amide bonds. The average molecular weight is 328 g/mol. The number of carbonyl (C=O) groups excluding carboxylic acids is 2. The summed E-state index contributed by atoms with van der Waals surface area (Å²) in [5.41, 5.74) is 0.395. The maximum Gasteiger partial charge on any atom is 0.351 e. The molecule has 0 fully saturated rings. The van der Waals surface area contributed by atoms with Crippen LogP contribution in [-0.2, 0) is 19.1 Å². The standard InChI is InChI=1S/C19H20O5/c1-4-22-19(21)18(13(2)3)24-17(20)12-23-16-11-7-9-14-8-5-6-10-15(14)16/h5-11,18H,2,4,12H2,1,3H3. The smallest absolute Gasteiger partial charge is 0.351 e. The second kappa shape index (κ2) is 8.15. The molecule has 0 aromatic heterocycles. The van der Waals surface area contributed by atoms with Crippen molar-refractivity contribution in [1.29, 1.82) is 0 Å². The van der Waals surface area contributed by atoms with E-state index in [2.05, 4.69) is 6.58 Å². The van der Waals surface area contributed by atoms with E-state index in [0.29, 0.717) is 11.3 Å². The highest BCUT2D eigenvalue weighted by Crippen LogP contribution is 2.25. The van der Waals surface area contributed by atoms with Gasteiger partial charge < -0.3 is 14.2 Å². The molecule has 5 nitrogen and oxygen atoms in total. The Morgan fingerprint density at radius 1 is 1.12 bits per heavy atom. The summed E-state index contributed by atoms with van der Waals surface area (Å²) in [6, 6.07) is 13.3. The van der Waals surface area contributed by atoms with E-state index in [1.807, 2.05) is 36.4 Å². The van der Waals surface area contributed by atoms with Crippen LogP contribution in [0.3, 0.4) is 0 Å². The van der Waals surface area contributed by atoms with Crippen LogP contribution in [-0.4, -0.2) is 31.3 Å². The Hall–Kier alpha value is -2.82. The minimum absolute atomic E-state index is 0.201. The third-order valence-electron chi connectivity index (χ3n) is 3.29. The molecule has 0 radical (unpaired) electrons. The average Bonchev–Trinajstić information content (AvgIpc) is 2.57. The summed E-state index contributed by atoms with van der Waals surface area (Å²) in [7, 11) is 0. The predicted molar refractivity (Wildman–Crippen MR) is 90.8 cm³/mol. The monoisotopic (exact) mass is 328 g/mol. The second-order valence-corrected chi connectivity index (χ2v) is 5.23. The molecule has 2 rings (SSSR count). The van der Waals surface area contributed by atoms with Crippen molar-refractivity contribution in [2.45, 2.75) is 20.0 Å². The zero-order chi connectivity index (χ0) is 17.5. The van der Waals surface area contributed by atoms with E-state index in [1.54, 1.807) is 19.9 Å². The maximum atomic E-state index is 12.0. The van der Waals surface area contributed by atoms with Crippen molar-refractivity contribution in [3.8, 4) is 5.75 Å². The fourth-order valence-electron chi connectivity index (χ4n) is 2.19. The molecule has 2 aromatic rings. The highest BCUT2D eigenvalue weighted by molar-refractivity contribution is 5.88. The van der Waals surface area contributed by atoms with Crippen LogP contribution in [0.5, 0.6) is 5.75 Å². The van der Waals surface area contributed by atoms with Gasteiger partial charge in [0.25, 0.3) is 0 Å². The van der Waals surface area contributed by atoms with Crippen LogP contribution in [0.2, 0.25) is 0 Å². The van der Waals surface area contributed by atoms with Gasteiger partial charge >= 0.3 is 11.9 Å². The quantitative estimate of drug-likeness (QED) is 0.576. The minimum atomic E-state index is -1.12. The van der Waals surface area contributed by atoms with E-state index in [4.69, 9.17) is 14.2 Å². The van der Waals surface area contributed by atoms with Gasteiger partial charge in [-0.15, -0.1) is 0 Å². The van der Waals surface area contributed by atoms with Crippen LogP contribution < -0.4 is 4.74 Å². The highest BCUT2D eigenvalue weighted by atomic mass is 16.6. The van der Waals surface area contributed by atoms with Crippen LogP contribution in [0, 0.1) is 0 Å². The molecule has 0 aliphatic rings. The van der Waals surface area contributed by atoms with Gasteiger partial charge in [0, 0.05) is 5.39 Å². The number of ether oxygens (including phenoxy) is 3. The van der Waals surface area contributed by atoms with Crippen molar-refractivity contribution in [3.63, 3.8) is 0 Å². The number of esters is 2. The SMILES string of the molecule is C=C(C)C(OC(=O)COc1cccc2ccccc12)C(=O)OCC. The zero-order valence-corrected chi connectivity index (χ0v) is 13.8. The second-order valence-electron chi connectivity index (χ2n) is 5.23. The van der Waals surface area contributed by atoms with Gasteiger partial charge in [-0.2, -0.15) is 0 Å². The fourth-order valence-corrected chi connectivity index (χ4v) is 2.19. The Labute approximate surface area is 140 Å². The Kier molecular flexibility index (Phi) is 5.95. The normalized spacial score (nSPS) is 11.6. The van der Waals surface area contributed by atoms with Gasteiger partial charge in [-0.3, -0.25) is 0 Å². The lowest BCUT2D eigenvalue weighted by Gasteiger charge is -2.16. The summed E-state index contributed by atoms with van der Waals surface area (Å²) in [4.78, 5) is 23.7. The van der Waals surface area contributed by atoms with Crippen LogP contribution in [0.1, 0.15) is 13.8 Å². The fraction of sp³-hybridized carbons (Fsp3) is 0.263. The third-order valence-corrected chi connectivity index (χ3v) is 3.29. The molecule has 1 unspecified atom stereocenters. The van der Waals surface area contributed by atoms with Gasteiger partial charge in [-0.05, 0) is 30.9 Å². The lowest BCUT2D eigenvalue weighted by Crippen LogP contribution is -2.32. The molecule has 0 aliphatic heterocycles. The van der Waals surface area contributed by atoms with Crippen LogP contribution in [0.4, 0.5) is 0 Å². The van der Waals surface area contributed by atoms with Gasteiger partial charge in [0.2, 0.25) is 6.10 Å². The van der Waals surface area contributed by atoms with Crippen molar-refractivity contribution in [1.82, 2.24) is 0 Å². The van der Waals surface area contributed by atoms with Gasteiger partial charge in [0.05, 0.1) is 6.61 Å². The molecule has 0 bridgehead atoms. The molecule has 126 valence electrons.